The van der Waals surface area contributed by atoms with Crippen LogP contribution in [0.15, 0.2) is 23.8 Å². The van der Waals surface area contributed by atoms with Gasteiger partial charge in [-0.15, -0.1) is 0 Å². The maximum atomic E-state index is 13.2. The van der Waals surface area contributed by atoms with Gasteiger partial charge in [-0.1, -0.05) is 53.7 Å². The van der Waals surface area contributed by atoms with Crippen molar-refractivity contribution in [3.05, 3.63) is 23.8 Å². The number of hydrogen-bond donors (Lipinski definition) is 0. The van der Waals surface area contributed by atoms with E-state index in [-0.39, 0.29) is 40.0 Å². The minimum atomic E-state index is -0.225. The van der Waals surface area contributed by atoms with Crippen LogP contribution in [0.2, 0.25) is 0 Å². The van der Waals surface area contributed by atoms with Gasteiger partial charge in [0.1, 0.15) is 11.4 Å². The zero-order valence-electron chi connectivity index (χ0n) is 20.2. The molecule has 3 heteroatoms. The van der Waals surface area contributed by atoms with Gasteiger partial charge in [-0.3, -0.25) is 9.59 Å². The molecule has 9 atom stereocenters. The van der Waals surface area contributed by atoms with Gasteiger partial charge in [-0.05, 0) is 72.3 Å². The van der Waals surface area contributed by atoms with Gasteiger partial charge in [0, 0.05) is 24.2 Å². The number of carbonyl (C=O) groups is 2. The van der Waals surface area contributed by atoms with Crippen molar-refractivity contribution < 1.29 is 14.3 Å². The number of ketones is 2. The molecule has 170 valence electrons. The van der Waals surface area contributed by atoms with E-state index < -0.39 is 0 Å². The first kappa shape index (κ1) is 21.6. The monoisotopic (exact) mass is 424 g/mol. The standard InChI is InChI=1S/C28H40O3/c1-16(2)17(3)7-8-18(4)21-15-25-28(31-25)22-14-24(30)23-13-19(29)9-11-26(23,5)20(22)10-12-27(21,28)6/h7-8,14,16-18,20-21,23,25H,9-13,15H2,1-6H3/b8-7+/t17-,18+,20-,21+,23-,25+,26+,27+,28+/m0/s1. The molecule has 0 N–H and O–H groups in total. The molecule has 0 amide bonds. The van der Waals surface area contributed by atoms with Crippen molar-refractivity contribution in [3.8, 4) is 0 Å². The van der Waals surface area contributed by atoms with E-state index in [0.717, 1.165) is 19.3 Å². The molecule has 1 saturated heterocycles. The summed E-state index contributed by atoms with van der Waals surface area (Å²) in [5, 5.41) is 0. The van der Waals surface area contributed by atoms with Crippen LogP contribution in [0.25, 0.3) is 0 Å². The predicted octanol–water partition coefficient (Wildman–Crippen LogP) is 5.93. The fourth-order valence-corrected chi connectivity index (χ4v) is 8.12. The molecule has 5 aliphatic rings. The maximum absolute atomic E-state index is 13.2. The summed E-state index contributed by atoms with van der Waals surface area (Å²) in [4.78, 5) is 25.4. The molecule has 1 spiro atoms. The molecule has 1 aliphatic heterocycles. The quantitative estimate of drug-likeness (QED) is 0.415. The maximum Gasteiger partial charge on any atom is 0.159 e. The molecule has 4 fully saturated rings. The summed E-state index contributed by atoms with van der Waals surface area (Å²) in [6, 6.07) is 0. The Labute approximate surface area is 188 Å². The Bertz CT molecular complexity index is 867. The molecule has 1 heterocycles. The van der Waals surface area contributed by atoms with E-state index in [9.17, 15) is 9.59 Å². The van der Waals surface area contributed by atoms with Gasteiger partial charge in [0.25, 0.3) is 0 Å². The number of ether oxygens (including phenoxy) is 1. The normalized spacial score (nSPS) is 48.0. The highest BCUT2D eigenvalue weighted by Gasteiger charge is 2.79. The molecule has 3 nitrogen and oxygen atoms in total. The van der Waals surface area contributed by atoms with Gasteiger partial charge in [0.15, 0.2) is 5.78 Å². The third kappa shape index (κ3) is 2.81. The van der Waals surface area contributed by atoms with Crippen LogP contribution in [0.5, 0.6) is 0 Å². The lowest BCUT2D eigenvalue weighted by Gasteiger charge is -2.56. The summed E-state index contributed by atoms with van der Waals surface area (Å²) < 4.78 is 6.54. The highest BCUT2D eigenvalue weighted by atomic mass is 16.6. The number of hydrogen-bond acceptors (Lipinski definition) is 3. The number of epoxide rings is 1. The Morgan fingerprint density at radius 1 is 1.06 bits per heavy atom. The molecule has 0 bridgehead atoms. The fraction of sp³-hybridized carbons (Fsp3) is 0.786. The minimum absolute atomic E-state index is 0.0715. The van der Waals surface area contributed by atoms with Crippen molar-refractivity contribution in [3.63, 3.8) is 0 Å². The van der Waals surface area contributed by atoms with Gasteiger partial charge in [0.05, 0.1) is 6.10 Å². The van der Waals surface area contributed by atoms with E-state index >= 15 is 0 Å². The second kappa shape index (κ2) is 6.89. The van der Waals surface area contributed by atoms with Crippen molar-refractivity contribution in [1.82, 2.24) is 0 Å². The van der Waals surface area contributed by atoms with E-state index in [1.165, 1.54) is 12.0 Å². The molecule has 0 unspecified atom stereocenters. The van der Waals surface area contributed by atoms with Crippen LogP contribution in [0.4, 0.5) is 0 Å². The van der Waals surface area contributed by atoms with E-state index in [1.807, 2.05) is 6.08 Å². The number of rotatable bonds is 4. The first-order valence-corrected chi connectivity index (χ1v) is 12.7. The Balaban J connectivity index is 1.46. The van der Waals surface area contributed by atoms with Crippen LogP contribution in [0.1, 0.15) is 80.1 Å². The van der Waals surface area contributed by atoms with Crippen molar-refractivity contribution >= 4 is 11.6 Å². The van der Waals surface area contributed by atoms with E-state index in [4.69, 9.17) is 4.74 Å². The van der Waals surface area contributed by atoms with Crippen LogP contribution in [-0.4, -0.2) is 23.3 Å². The number of Topliss-reactive ketones (excluding diaryl/α,β-unsaturated/α-hetero) is 1. The SMILES string of the molecule is CC(C)[C@@H](C)/C=C/[C@@H](C)[C@H]1C[C@H]2O[C@]23C2=CC(=O)[C@@H]4CC(=O)CC[C@]4(C)[C@H]2CC[C@]13C. The lowest BCUT2D eigenvalue weighted by Crippen LogP contribution is -2.55. The van der Waals surface area contributed by atoms with E-state index in [2.05, 4.69) is 53.7 Å². The first-order valence-electron chi connectivity index (χ1n) is 12.7. The lowest BCUT2D eigenvalue weighted by atomic mass is 9.47. The van der Waals surface area contributed by atoms with Crippen LogP contribution in [0.3, 0.4) is 0 Å². The van der Waals surface area contributed by atoms with E-state index in [1.54, 1.807) is 0 Å². The fourth-order valence-electron chi connectivity index (χ4n) is 8.12. The summed E-state index contributed by atoms with van der Waals surface area (Å²) in [5.41, 5.74) is 1.10. The Hall–Kier alpha value is -1.22. The highest BCUT2D eigenvalue weighted by molar-refractivity contribution is 5.98. The van der Waals surface area contributed by atoms with Crippen LogP contribution < -0.4 is 0 Å². The molecule has 0 radical (unpaired) electrons. The summed E-state index contributed by atoms with van der Waals surface area (Å²) in [6.45, 7) is 14.0. The summed E-state index contributed by atoms with van der Waals surface area (Å²) >= 11 is 0. The smallest absolute Gasteiger partial charge is 0.159 e. The predicted molar refractivity (Wildman–Crippen MR) is 122 cm³/mol. The molecule has 3 saturated carbocycles. The van der Waals surface area contributed by atoms with Crippen LogP contribution >= 0.6 is 0 Å². The first-order chi connectivity index (χ1) is 14.5. The number of fused-ring (bicyclic) bond motifs is 3. The lowest BCUT2D eigenvalue weighted by molar-refractivity contribution is -0.138. The summed E-state index contributed by atoms with van der Waals surface area (Å²) in [7, 11) is 0. The van der Waals surface area contributed by atoms with Crippen LogP contribution in [0, 0.1) is 46.3 Å². The number of allylic oxidation sites excluding steroid dienone is 3. The molecular formula is C28H40O3. The third-order valence-corrected chi connectivity index (χ3v) is 10.6. The van der Waals surface area contributed by atoms with Gasteiger partial charge >= 0.3 is 0 Å². The molecule has 4 aliphatic carbocycles. The van der Waals surface area contributed by atoms with E-state index in [0.29, 0.717) is 42.4 Å². The van der Waals surface area contributed by atoms with Crippen molar-refractivity contribution in [2.45, 2.75) is 91.8 Å². The average Bonchev–Trinajstić information content (AvgIpc) is 3.38. The molecule has 31 heavy (non-hydrogen) atoms. The Kier molecular flexibility index (Phi) is 4.80. The molecular weight excluding hydrogens is 384 g/mol. The molecule has 0 aromatic heterocycles. The van der Waals surface area contributed by atoms with Crippen LogP contribution in [-0.2, 0) is 14.3 Å². The minimum Gasteiger partial charge on any atom is -0.361 e. The average molecular weight is 425 g/mol. The topological polar surface area (TPSA) is 46.7 Å². The largest absolute Gasteiger partial charge is 0.361 e. The Morgan fingerprint density at radius 3 is 2.52 bits per heavy atom. The highest BCUT2D eigenvalue weighted by Crippen LogP contribution is 2.75. The molecule has 0 aromatic rings. The summed E-state index contributed by atoms with van der Waals surface area (Å²) in [6.07, 6.45) is 12.4. The molecule has 5 rings (SSSR count). The van der Waals surface area contributed by atoms with Gasteiger partial charge in [-0.2, -0.15) is 0 Å². The van der Waals surface area contributed by atoms with Gasteiger partial charge < -0.3 is 4.74 Å². The summed E-state index contributed by atoms with van der Waals surface area (Å²) in [5.74, 6) is 3.11. The second-order valence-electron chi connectivity index (χ2n) is 12.3. The van der Waals surface area contributed by atoms with Crippen molar-refractivity contribution in [2.75, 3.05) is 0 Å². The van der Waals surface area contributed by atoms with Crippen molar-refractivity contribution in [2.24, 2.45) is 46.3 Å². The molecule has 0 aromatic carbocycles. The zero-order valence-corrected chi connectivity index (χ0v) is 20.2. The second-order valence-corrected chi connectivity index (χ2v) is 12.3. The Morgan fingerprint density at radius 2 is 1.81 bits per heavy atom. The zero-order chi connectivity index (χ0) is 22.3. The van der Waals surface area contributed by atoms with Gasteiger partial charge in [0.2, 0.25) is 0 Å². The van der Waals surface area contributed by atoms with Gasteiger partial charge in [-0.25, -0.2) is 0 Å². The third-order valence-electron chi connectivity index (χ3n) is 10.6. The number of carbonyl (C=O) groups excluding carboxylic acids is 2. The van der Waals surface area contributed by atoms with Crippen molar-refractivity contribution in [1.29, 1.82) is 0 Å².